The van der Waals surface area contributed by atoms with Crippen LogP contribution in [0.3, 0.4) is 0 Å². The Kier molecular flexibility index (Phi) is 6.15. The maximum absolute atomic E-state index is 12.9. The predicted molar refractivity (Wildman–Crippen MR) is 93.7 cm³/mol. The summed E-state index contributed by atoms with van der Waals surface area (Å²) < 4.78 is 1.47. The number of aromatic nitrogens is 4. The van der Waals surface area contributed by atoms with E-state index in [1.807, 2.05) is 11.8 Å². The fraction of sp³-hybridized carbons (Fsp3) is 0.467. The number of carbonyl (C=O) groups excluding carboxylic acids is 1. The standard InChI is InChI=1S/C15H19ClN6O.ClH/c1-10(17)11-4-6-21(7-5-11)15(23)13-8-12(16)2-3-14(13)22-9-18-19-20-22;/h2-3,8-11H,4-7,17H2,1H3;1H. The molecule has 1 amide bonds. The van der Waals surface area contributed by atoms with Crippen LogP contribution in [0.5, 0.6) is 0 Å². The smallest absolute Gasteiger partial charge is 0.256 e. The number of hydrogen-bond donors (Lipinski definition) is 1. The van der Waals surface area contributed by atoms with Crippen molar-refractivity contribution in [2.75, 3.05) is 13.1 Å². The zero-order valence-electron chi connectivity index (χ0n) is 13.3. The molecule has 1 atom stereocenters. The Hall–Kier alpha value is -1.70. The zero-order chi connectivity index (χ0) is 16.4. The van der Waals surface area contributed by atoms with Crippen LogP contribution in [-0.4, -0.2) is 50.1 Å². The molecule has 9 heteroatoms. The second-order valence-corrected chi connectivity index (χ2v) is 6.34. The number of amides is 1. The Bertz CT molecular complexity index is 683. The molecule has 24 heavy (non-hydrogen) atoms. The van der Waals surface area contributed by atoms with Crippen LogP contribution in [0.4, 0.5) is 0 Å². The van der Waals surface area contributed by atoms with Crippen molar-refractivity contribution in [2.24, 2.45) is 11.7 Å². The van der Waals surface area contributed by atoms with E-state index < -0.39 is 0 Å². The van der Waals surface area contributed by atoms with E-state index in [-0.39, 0.29) is 24.4 Å². The van der Waals surface area contributed by atoms with Gasteiger partial charge in [-0.05, 0) is 54.3 Å². The van der Waals surface area contributed by atoms with Crippen molar-refractivity contribution in [3.8, 4) is 5.69 Å². The van der Waals surface area contributed by atoms with Gasteiger partial charge in [-0.25, -0.2) is 0 Å². The minimum Gasteiger partial charge on any atom is -0.339 e. The van der Waals surface area contributed by atoms with E-state index in [0.29, 0.717) is 35.3 Å². The summed E-state index contributed by atoms with van der Waals surface area (Å²) in [5, 5.41) is 11.6. The second kappa shape index (κ2) is 7.92. The van der Waals surface area contributed by atoms with Crippen molar-refractivity contribution >= 4 is 29.9 Å². The van der Waals surface area contributed by atoms with Crippen molar-refractivity contribution in [3.63, 3.8) is 0 Å². The summed E-state index contributed by atoms with van der Waals surface area (Å²) in [4.78, 5) is 14.7. The van der Waals surface area contributed by atoms with Crippen LogP contribution >= 0.6 is 24.0 Å². The van der Waals surface area contributed by atoms with E-state index >= 15 is 0 Å². The zero-order valence-corrected chi connectivity index (χ0v) is 14.9. The highest BCUT2D eigenvalue weighted by atomic mass is 35.5. The fourth-order valence-electron chi connectivity index (χ4n) is 2.95. The number of tetrazole rings is 1. The Balaban J connectivity index is 0.00000208. The molecule has 0 bridgehead atoms. The number of halogens is 2. The van der Waals surface area contributed by atoms with Gasteiger partial charge in [0, 0.05) is 24.2 Å². The summed E-state index contributed by atoms with van der Waals surface area (Å²) in [6, 6.07) is 5.30. The average molecular weight is 371 g/mol. The molecule has 1 saturated heterocycles. The summed E-state index contributed by atoms with van der Waals surface area (Å²) in [5.41, 5.74) is 7.09. The van der Waals surface area contributed by atoms with Crippen LogP contribution in [0.15, 0.2) is 24.5 Å². The van der Waals surface area contributed by atoms with Gasteiger partial charge in [-0.2, -0.15) is 4.68 Å². The summed E-state index contributed by atoms with van der Waals surface area (Å²) in [6.07, 6.45) is 3.30. The van der Waals surface area contributed by atoms with Crippen molar-refractivity contribution in [2.45, 2.75) is 25.8 Å². The molecule has 1 aliphatic heterocycles. The second-order valence-electron chi connectivity index (χ2n) is 5.90. The molecule has 2 aromatic rings. The molecule has 1 aliphatic rings. The molecule has 2 N–H and O–H groups in total. The highest BCUT2D eigenvalue weighted by Crippen LogP contribution is 2.24. The van der Waals surface area contributed by atoms with Crippen LogP contribution in [0.25, 0.3) is 5.69 Å². The Morgan fingerprint density at radius 3 is 2.67 bits per heavy atom. The van der Waals surface area contributed by atoms with Crippen molar-refractivity contribution in [3.05, 3.63) is 35.1 Å². The number of likely N-dealkylation sites (tertiary alicyclic amines) is 1. The maximum Gasteiger partial charge on any atom is 0.256 e. The Labute approximate surface area is 151 Å². The molecule has 0 spiro atoms. The molecule has 1 fully saturated rings. The summed E-state index contributed by atoms with van der Waals surface area (Å²) in [6.45, 7) is 3.42. The van der Waals surface area contributed by atoms with Crippen LogP contribution < -0.4 is 5.73 Å². The van der Waals surface area contributed by atoms with E-state index in [0.717, 1.165) is 12.8 Å². The minimum absolute atomic E-state index is 0. The molecule has 3 rings (SSSR count). The number of carbonyl (C=O) groups is 1. The summed E-state index contributed by atoms with van der Waals surface area (Å²) >= 11 is 6.08. The minimum atomic E-state index is -0.0545. The first-order chi connectivity index (χ1) is 11.1. The van der Waals surface area contributed by atoms with E-state index in [1.54, 1.807) is 18.2 Å². The van der Waals surface area contributed by atoms with Gasteiger partial charge < -0.3 is 10.6 Å². The van der Waals surface area contributed by atoms with Crippen LogP contribution in [0.1, 0.15) is 30.1 Å². The first-order valence-corrected chi connectivity index (χ1v) is 8.02. The number of benzene rings is 1. The largest absolute Gasteiger partial charge is 0.339 e. The van der Waals surface area contributed by atoms with Gasteiger partial charge in [0.15, 0.2) is 0 Å². The number of hydrogen-bond acceptors (Lipinski definition) is 5. The van der Waals surface area contributed by atoms with Crippen LogP contribution in [0.2, 0.25) is 5.02 Å². The van der Waals surface area contributed by atoms with Gasteiger partial charge in [0.2, 0.25) is 0 Å². The van der Waals surface area contributed by atoms with Crippen molar-refractivity contribution in [1.29, 1.82) is 0 Å². The molecular weight excluding hydrogens is 351 g/mol. The van der Waals surface area contributed by atoms with Gasteiger partial charge in [0.25, 0.3) is 5.91 Å². The summed E-state index contributed by atoms with van der Waals surface area (Å²) in [7, 11) is 0. The first kappa shape index (κ1) is 18.6. The Morgan fingerprint density at radius 1 is 1.38 bits per heavy atom. The van der Waals surface area contributed by atoms with E-state index in [9.17, 15) is 4.79 Å². The first-order valence-electron chi connectivity index (χ1n) is 7.64. The van der Waals surface area contributed by atoms with Crippen molar-refractivity contribution in [1.82, 2.24) is 25.1 Å². The van der Waals surface area contributed by atoms with Gasteiger partial charge in [-0.15, -0.1) is 17.5 Å². The topological polar surface area (TPSA) is 89.9 Å². The molecule has 1 aromatic heterocycles. The molecule has 1 unspecified atom stereocenters. The van der Waals surface area contributed by atoms with E-state index in [4.69, 9.17) is 17.3 Å². The lowest BCUT2D eigenvalue weighted by atomic mass is 9.90. The predicted octanol–water partition coefficient (Wildman–Crippen LogP) is 1.94. The third-order valence-electron chi connectivity index (χ3n) is 4.36. The number of nitrogens with two attached hydrogens (primary N) is 1. The highest BCUT2D eigenvalue weighted by molar-refractivity contribution is 6.31. The lowest BCUT2D eigenvalue weighted by Gasteiger charge is -2.34. The third-order valence-corrected chi connectivity index (χ3v) is 4.59. The molecule has 0 saturated carbocycles. The van der Waals surface area contributed by atoms with Gasteiger partial charge in [0.1, 0.15) is 6.33 Å². The fourth-order valence-corrected chi connectivity index (χ4v) is 3.12. The molecule has 0 radical (unpaired) electrons. The molecule has 1 aromatic carbocycles. The van der Waals surface area contributed by atoms with Crippen molar-refractivity contribution < 1.29 is 4.79 Å². The molecule has 7 nitrogen and oxygen atoms in total. The number of piperidine rings is 1. The van der Waals surface area contributed by atoms with Gasteiger partial charge in [-0.3, -0.25) is 4.79 Å². The maximum atomic E-state index is 12.9. The Morgan fingerprint density at radius 2 is 2.08 bits per heavy atom. The normalized spacial score (nSPS) is 16.5. The number of rotatable bonds is 3. The molecule has 2 heterocycles. The summed E-state index contributed by atoms with van der Waals surface area (Å²) in [5.74, 6) is 0.415. The molecule has 130 valence electrons. The SMILES string of the molecule is CC(N)C1CCN(C(=O)c2cc(Cl)ccc2-n2cnnn2)CC1.Cl. The number of nitrogens with zero attached hydrogens (tertiary/aromatic N) is 5. The quantitative estimate of drug-likeness (QED) is 0.891. The lowest BCUT2D eigenvalue weighted by molar-refractivity contribution is 0.0681. The van der Waals surface area contributed by atoms with E-state index in [1.165, 1.54) is 11.0 Å². The van der Waals surface area contributed by atoms with Gasteiger partial charge in [-0.1, -0.05) is 11.6 Å². The van der Waals surface area contributed by atoms with Crippen LogP contribution in [0, 0.1) is 5.92 Å². The molecular formula is C15H20Cl2N6O. The highest BCUT2D eigenvalue weighted by Gasteiger charge is 2.27. The monoisotopic (exact) mass is 370 g/mol. The van der Waals surface area contributed by atoms with Gasteiger partial charge >= 0.3 is 0 Å². The lowest BCUT2D eigenvalue weighted by Crippen LogP contribution is -2.42. The van der Waals surface area contributed by atoms with Gasteiger partial charge in [0.05, 0.1) is 11.3 Å². The van der Waals surface area contributed by atoms with E-state index in [2.05, 4.69) is 15.5 Å². The average Bonchev–Trinajstić information content (AvgIpc) is 3.08. The molecule has 0 aliphatic carbocycles. The van der Waals surface area contributed by atoms with Crippen LogP contribution in [-0.2, 0) is 0 Å². The third kappa shape index (κ3) is 3.85.